The van der Waals surface area contributed by atoms with Gasteiger partial charge < -0.3 is 25.3 Å². The van der Waals surface area contributed by atoms with Gasteiger partial charge in [0.15, 0.2) is 0 Å². The topological polar surface area (TPSA) is 0 Å². The summed E-state index contributed by atoms with van der Waals surface area (Å²) in [6.45, 7) is 0. The third-order valence-electron chi connectivity index (χ3n) is 1.49. The fraction of sp³-hybridized carbons (Fsp3) is 0. The van der Waals surface area contributed by atoms with Crippen molar-refractivity contribution in [2.24, 2.45) is 0 Å². The van der Waals surface area contributed by atoms with Crippen LogP contribution in [0.4, 0.5) is 0 Å². The van der Waals surface area contributed by atoms with Crippen LogP contribution < -0.4 is 0 Å². The Balaban J connectivity index is 0.000000245. The molecule has 0 aromatic heterocycles. The summed E-state index contributed by atoms with van der Waals surface area (Å²) in [7, 11) is 0. The van der Waals surface area contributed by atoms with Crippen LogP contribution in [0.5, 0.6) is 0 Å². The Morgan fingerprint density at radius 3 is 0.933 bits per heavy atom. The minimum absolute atomic E-state index is 0. The van der Waals surface area contributed by atoms with E-state index in [1.165, 1.54) is 0 Å². The normalized spacial score (nSPS) is 8.00. The zero-order valence-electron chi connectivity index (χ0n) is 7.92. The summed E-state index contributed by atoms with van der Waals surface area (Å²) < 4.78 is 0. The van der Waals surface area contributed by atoms with Crippen molar-refractivity contribution < 1.29 is 16.8 Å². The molecule has 3 heteroatoms. The first-order valence-corrected chi connectivity index (χ1v) is 5.05. The quantitative estimate of drug-likeness (QED) is 0.678. The summed E-state index contributed by atoms with van der Waals surface area (Å²) in [4.78, 5) is 1.81. The largest absolute Gasteiger partial charge is 2.00 e. The molecule has 0 bridgehead atoms. The van der Waals surface area contributed by atoms with Crippen LogP contribution in [0.2, 0.25) is 0 Å². The van der Waals surface area contributed by atoms with E-state index in [2.05, 4.69) is 0 Å². The summed E-state index contributed by atoms with van der Waals surface area (Å²) in [5, 5.41) is 0. The molecule has 0 unspecified atom stereocenters. The number of benzene rings is 2. The summed E-state index contributed by atoms with van der Waals surface area (Å²) in [5.41, 5.74) is 0. The van der Waals surface area contributed by atoms with Crippen molar-refractivity contribution in [1.82, 2.24) is 0 Å². The Kier molecular flexibility index (Phi) is 8.32. The minimum Gasteiger partial charge on any atom is -0.780 e. The second-order valence-corrected chi connectivity index (χ2v) is 3.57. The van der Waals surface area contributed by atoms with Crippen LogP contribution in [0.3, 0.4) is 0 Å². The van der Waals surface area contributed by atoms with Crippen LogP contribution in [-0.4, -0.2) is 0 Å². The van der Waals surface area contributed by atoms with Crippen molar-refractivity contribution in [3.05, 3.63) is 60.7 Å². The third-order valence-corrected chi connectivity index (χ3v) is 2.03. The zero-order chi connectivity index (χ0) is 10.2. The minimum atomic E-state index is 0. The summed E-state index contributed by atoms with van der Waals surface area (Å²) in [5.74, 6) is 0. The molecule has 0 aliphatic rings. The van der Waals surface area contributed by atoms with Crippen molar-refractivity contribution in [3.63, 3.8) is 0 Å². The number of hydrogen-bond acceptors (Lipinski definition) is 2. The van der Waals surface area contributed by atoms with E-state index in [9.17, 15) is 0 Å². The van der Waals surface area contributed by atoms with Gasteiger partial charge >= 0.3 is 16.8 Å². The van der Waals surface area contributed by atoms with Gasteiger partial charge in [-0.05, 0) is 0 Å². The fourth-order valence-electron chi connectivity index (χ4n) is 0.841. The van der Waals surface area contributed by atoms with E-state index in [4.69, 9.17) is 25.3 Å². The molecule has 0 atom stereocenters. The first-order valence-electron chi connectivity index (χ1n) is 4.23. The van der Waals surface area contributed by atoms with Crippen molar-refractivity contribution in [2.75, 3.05) is 0 Å². The van der Waals surface area contributed by atoms with Crippen molar-refractivity contribution >= 4 is 25.3 Å². The van der Waals surface area contributed by atoms with E-state index in [-0.39, 0.29) is 16.8 Å². The van der Waals surface area contributed by atoms with Gasteiger partial charge in [-0.15, -0.1) is 0 Å². The molecule has 0 amide bonds. The summed E-state index contributed by atoms with van der Waals surface area (Å²) >= 11 is 9.62. The smallest absolute Gasteiger partial charge is 0.780 e. The molecule has 0 saturated carbocycles. The van der Waals surface area contributed by atoms with Gasteiger partial charge in [0.05, 0.1) is 0 Å². The van der Waals surface area contributed by atoms with Crippen LogP contribution in [-0.2, 0) is 42.0 Å². The van der Waals surface area contributed by atoms with E-state index < -0.39 is 0 Å². The van der Waals surface area contributed by atoms with Crippen LogP contribution in [0.25, 0.3) is 0 Å². The Bertz CT molecular complexity index is 311. The van der Waals surface area contributed by atoms with Crippen LogP contribution >= 0.6 is 0 Å². The van der Waals surface area contributed by atoms with Crippen LogP contribution in [0, 0.1) is 0 Å². The second kappa shape index (κ2) is 8.68. The Hall–Kier alpha value is -0.614. The van der Waals surface area contributed by atoms with Crippen LogP contribution in [0.15, 0.2) is 70.5 Å². The Morgan fingerprint density at radius 1 is 0.533 bits per heavy atom. The summed E-state index contributed by atoms with van der Waals surface area (Å²) in [6, 6.07) is 19.2. The van der Waals surface area contributed by atoms with Gasteiger partial charge in [0.1, 0.15) is 0 Å². The average molecular weight is 277 g/mol. The average Bonchev–Trinajstić information content (AvgIpc) is 2.21. The van der Waals surface area contributed by atoms with Gasteiger partial charge in [0, 0.05) is 0 Å². The monoisotopic (exact) mass is 277 g/mol. The molecule has 2 aromatic carbocycles. The maximum absolute atomic E-state index is 4.81. The molecule has 0 aliphatic heterocycles. The predicted molar refractivity (Wildman–Crippen MR) is 64.1 cm³/mol. The molecule has 0 heterocycles. The van der Waals surface area contributed by atoms with Crippen molar-refractivity contribution in [3.8, 4) is 0 Å². The molecule has 1 radical (unpaired) electrons. The van der Waals surface area contributed by atoms with Gasteiger partial charge in [-0.1, -0.05) is 60.7 Å². The molecule has 0 N–H and O–H groups in total. The zero-order valence-corrected chi connectivity index (χ0v) is 10.6. The first kappa shape index (κ1) is 14.4. The maximum atomic E-state index is 4.81. The van der Waals surface area contributed by atoms with Gasteiger partial charge in [0.25, 0.3) is 0 Å². The molecule has 0 fully saturated rings. The molecular formula is C12H10CoS2. The van der Waals surface area contributed by atoms with E-state index in [1.807, 2.05) is 60.7 Å². The van der Waals surface area contributed by atoms with E-state index >= 15 is 0 Å². The maximum Gasteiger partial charge on any atom is 2.00 e. The summed E-state index contributed by atoms with van der Waals surface area (Å²) in [6.07, 6.45) is 0. The third kappa shape index (κ3) is 7.33. The first-order chi connectivity index (χ1) is 6.79. The molecule has 15 heavy (non-hydrogen) atoms. The number of rotatable bonds is 0. The van der Waals surface area contributed by atoms with Crippen molar-refractivity contribution in [1.29, 1.82) is 0 Å². The van der Waals surface area contributed by atoms with E-state index in [0.29, 0.717) is 0 Å². The Morgan fingerprint density at radius 2 is 0.800 bits per heavy atom. The molecule has 0 aliphatic carbocycles. The van der Waals surface area contributed by atoms with Gasteiger partial charge in [0.2, 0.25) is 0 Å². The standard InChI is InChI=1S/2C6H6S.Co/c2*7-6-4-2-1-3-5-6;/h2*1-5,7H;/q;;+2/p-2. The molecule has 0 nitrogen and oxygen atoms in total. The van der Waals surface area contributed by atoms with Crippen LogP contribution in [0.1, 0.15) is 0 Å². The van der Waals surface area contributed by atoms with Gasteiger partial charge in [-0.2, -0.15) is 9.79 Å². The second-order valence-electron chi connectivity index (χ2n) is 2.63. The van der Waals surface area contributed by atoms with Gasteiger partial charge in [-0.25, -0.2) is 0 Å². The van der Waals surface area contributed by atoms with Gasteiger partial charge in [-0.3, -0.25) is 0 Å². The van der Waals surface area contributed by atoms with E-state index in [0.717, 1.165) is 9.79 Å². The molecule has 0 spiro atoms. The number of hydrogen-bond donors (Lipinski definition) is 0. The molecule has 2 aromatic rings. The predicted octanol–water partition coefficient (Wildman–Crippen LogP) is 3.18. The SMILES string of the molecule is [Co+2].[S-]c1ccccc1.[S-]c1ccccc1. The molecule has 0 saturated heterocycles. The van der Waals surface area contributed by atoms with E-state index in [1.54, 1.807) is 0 Å². The fourth-order valence-corrected chi connectivity index (χ4v) is 1.16. The molecule has 2 rings (SSSR count). The Labute approximate surface area is 112 Å². The molecule has 79 valence electrons. The molecular weight excluding hydrogens is 267 g/mol. The van der Waals surface area contributed by atoms with Crippen molar-refractivity contribution in [2.45, 2.75) is 9.79 Å².